The van der Waals surface area contributed by atoms with Crippen LogP contribution in [0, 0.1) is 6.92 Å². The highest BCUT2D eigenvalue weighted by Crippen LogP contribution is 2.14. The van der Waals surface area contributed by atoms with Crippen molar-refractivity contribution in [2.24, 2.45) is 0 Å². The number of pyridine rings is 1. The van der Waals surface area contributed by atoms with Crippen molar-refractivity contribution in [3.63, 3.8) is 0 Å². The topological polar surface area (TPSA) is 70.2 Å². The van der Waals surface area contributed by atoms with E-state index < -0.39 is 11.5 Å². The molecule has 2 N–H and O–H groups in total. The summed E-state index contributed by atoms with van der Waals surface area (Å²) in [5, 5.41) is 8.95. The largest absolute Gasteiger partial charge is 0.477 e. The monoisotopic (exact) mass is 209 g/mol. The minimum Gasteiger partial charge on any atom is -0.477 e. The molecular weight excluding hydrogens is 194 g/mol. The van der Waals surface area contributed by atoms with Gasteiger partial charge in [0.15, 0.2) is 0 Å². The molecule has 0 saturated carbocycles. The van der Waals surface area contributed by atoms with Crippen LogP contribution in [0.2, 0.25) is 0 Å². The SMILES string of the molecule is CCc1[nH]c(=O)c(C(=O)O)c(CC)c1C. The number of carboxylic acid groups (broad SMARTS) is 1. The van der Waals surface area contributed by atoms with Gasteiger partial charge in [0.25, 0.3) is 5.56 Å². The molecule has 0 saturated heterocycles. The molecule has 0 atom stereocenters. The van der Waals surface area contributed by atoms with E-state index in [1.165, 1.54) is 0 Å². The summed E-state index contributed by atoms with van der Waals surface area (Å²) in [5.74, 6) is -1.15. The first kappa shape index (κ1) is 11.5. The standard InChI is InChI=1S/C11H15NO3/c1-4-7-6(3)8(5-2)12-10(13)9(7)11(14)15/h4-5H2,1-3H3,(H,12,13)(H,14,15). The molecule has 0 aliphatic carbocycles. The third kappa shape index (κ3) is 1.93. The molecule has 1 aromatic rings. The molecule has 0 fully saturated rings. The van der Waals surface area contributed by atoms with Crippen LogP contribution in [0.25, 0.3) is 0 Å². The summed E-state index contributed by atoms with van der Waals surface area (Å²) in [6, 6.07) is 0. The smallest absolute Gasteiger partial charge is 0.341 e. The van der Waals surface area contributed by atoms with Crippen LogP contribution in [0.1, 0.15) is 41.0 Å². The number of nitrogens with one attached hydrogen (secondary N) is 1. The average molecular weight is 209 g/mol. The Morgan fingerprint density at radius 3 is 2.33 bits per heavy atom. The summed E-state index contributed by atoms with van der Waals surface area (Å²) < 4.78 is 0. The van der Waals surface area contributed by atoms with Gasteiger partial charge in [0, 0.05) is 5.69 Å². The third-order valence-electron chi connectivity index (χ3n) is 2.62. The van der Waals surface area contributed by atoms with Gasteiger partial charge in [-0.3, -0.25) is 4.79 Å². The maximum atomic E-state index is 11.5. The van der Waals surface area contributed by atoms with Crippen LogP contribution >= 0.6 is 0 Å². The lowest BCUT2D eigenvalue weighted by atomic mass is 9.99. The fraction of sp³-hybridized carbons (Fsp3) is 0.455. The maximum Gasteiger partial charge on any atom is 0.341 e. The van der Waals surface area contributed by atoms with Gasteiger partial charge in [-0.2, -0.15) is 0 Å². The van der Waals surface area contributed by atoms with E-state index in [2.05, 4.69) is 4.98 Å². The molecule has 1 rings (SSSR count). The fourth-order valence-electron chi connectivity index (χ4n) is 1.82. The highest BCUT2D eigenvalue weighted by molar-refractivity contribution is 5.89. The van der Waals surface area contributed by atoms with Gasteiger partial charge in [0.2, 0.25) is 0 Å². The molecule has 82 valence electrons. The molecule has 0 radical (unpaired) electrons. The zero-order valence-electron chi connectivity index (χ0n) is 9.18. The molecule has 0 aliphatic rings. The maximum absolute atomic E-state index is 11.5. The van der Waals surface area contributed by atoms with E-state index in [1.807, 2.05) is 20.8 Å². The van der Waals surface area contributed by atoms with Crippen molar-refractivity contribution in [3.8, 4) is 0 Å². The summed E-state index contributed by atoms with van der Waals surface area (Å²) in [4.78, 5) is 25.1. The van der Waals surface area contributed by atoms with Gasteiger partial charge in [-0.1, -0.05) is 13.8 Å². The van der Waals surface area contributed by atoms with Crippen LogP contribution in [0.5, 0.6) is 0 Å². The first-order valence-electron chi connectivity index (χ1n) is 5.00. The Kier molecular flexibility index (Phi) is 3.29. The lowest BCUT2D eigenvalue weighted by Gasteiger charge is -2.10. The Bertz CT molecular complexity index is 446. The second-order valence-electron chi connectivity index (χ2n) is 3.42. The summed E-state index contributed by atoms with van der Waals surface area (Å²) >= 11 is 0. The van der Waals surface area contributed by atoms with Gasteiger partial charge in [-0.05, 0) is 30.9 Å². The number of aromatic nitrogens is 1. The van der Waals surface area contributed by atoms with E-state index in [4.69, 9.17) is 5.11 Å². The number of aromatic amines is 1. The second-order valence-corrected chi connectivity index (χ2v) is 3.42. The molecule has 1 aromatic heterocycles. The van der Waals surface area contributed by atoms with E-state index in [0.29, 0.717) is 18.4 Å². The lowest BCUT2D eigenvalue weighted by Crippen LogP contribution is -2.23. The molecule has 4 heteroatoms. The first-order chi connectivity index (χ1) is 7.02. The third-order valence-corrected chi connectivity index (χ3v) is 2.62. The van der Waals surface area contributed by atoms with Crippen molar-refractivity contribution in [1.29, 1.82) is 0 Å². The van der Waals surface area contributed by atoms with Crippen molar-refractivity contribution in [2.75, 3.05) is 0 Å². The Labute approximate surface area is 88.0 Å². The number of hydrogen-bond donors (Lipinski definition) is 2. The number of aryl methyl sites for hydroxylation is 1. The Morgan fingerprint density at radius 2 is 1.93 bits per heavy atom. The van der Waals surface area contributed by atoms with E-state index in [0.717, 1.165) is 11.3 Å². The van der Waals surface area contributed by atoms with Crippen LogP contribution in [0.3, 0.4) is 0 Å². The van der Waals surface area contributed by atoms with Crippen molar-refractivity contribution in [1.82, 2.24) is 4.98 Å². The summed E-state index contributed by atoms with van der Waals surface area (Å²) in [6.07, 6.45) is 1.26. The van der Waals surface area contributed by atoms with Gasteiger partial charge >= 0.3 is 5.97 Å². The number of rotatable bonds is 3. The molecule has 0 bridgehead atoms. The minimum absolute atomic E-state index is 0.118. The second kappa shape index (κ2) is 4.29. The number of hydrogen-bond acceptors (Lipinski definition) is 2. The lowest BCUT2D eigenvalue weighted by molar-refractivity contribution is 0.0693. The number of H-pyrrole nitrogens is 1. The molecule has 0 amide bonds. The predicted octanol–water partition coefficient (Wildman–Crippen LogP) is 1.51. The van der Waals surface area contributed by atoms with Crippen LogP contribution in [0.4, 0.5) is 0 Å². The molecule has 0 spiro atoms. The average Bonchev–Trinajstić information content (AvgIpc) is 2.19. The van der Waals surface area contributed by atoms with Crippen molar-refractivity contribution < 1.29 is 9.90 Å². The molecule has 1 heterocycles. The number of carbonyl (C=O) groups is 1. The van der Waals surface area contributed by atoms with E-state index >= 15 is 0 Å². The summed E-state index contributed by atoms with van der Waals surface area (Å²) in [7, 11) is 0. The Hall–Kier alpha value is -1.58. The van der Waals surface area contributed by atoms with Crippen molar-refractivity contribution in [2.45, 2.75) is 33.6 Å². The number of carboxylic acids is 1. The van der Waals surface area contributed by atoms with E-state index in [1.54, 1.807) is 0 Å². The number of aromatic carboxylic acids is 1. The highest BCUT2D eigenvalue weighted by Gasteiger charge is 2.17. The summed E-state index contributed by atoms with van der Waals surface area (Å²) in [6.45, 7) is 5.63. The molecule has 0 aromatic carbocycles. The fourth-order valence-corrected chi connectivity index (χ4v) is 1.82. The van der Waals surface area contributed by atoms with Crippen molar-refractivity contribution >= 4 is 5.97 Å². The van der Waals surface area contributed by atoms with Gasteiger partial charge in [0.05, 0.1) is 0 Å². The molecule has 0 aliphatic heterocycles. The molecule has 15 heavy (non-hydrogen) atoms. The minimum atomic E-state index is -1.15. The normalized spacial score (nSPS) is 10.3. The van der Waals surface area contributed by atoms with Crippen LogP contribution < -0.4 is 5.56 Å². The molecule has 4 nitrogen and oxygen atoms in total. The quantitative estimate of drug-likeness (QED) is 0.792. The molecule has 0 unspecified atom stereocenters. The van der Waals surface area contributed by atoms with Crippen molar-refractivity contribution in [3.05, 3.63) is 32.7 Å². The zero-order chi connectivity index (χ0) is 11.6. The first-order valence-corrected chi connectivity index (χ1v) is 5.00. The van der Waals surface area contributed by atoms with E-state index in [-0.39, 0.29) is 5.56 Å². The zero-order valence-corrected chi connectivity index (χ0v) is 9.18. The van der Waals surface area contributed by atoms with Crippen LogP contribution in [0.15, 0.2) is 4.79 Å². The van der Waals surface area contributed by atoms with Gasteiger partial charge in [0.1, 0.15) is 5.56 Å². The molecular formula is C11H15NO3. The summed E-state index contributed by atoms with van der Waals surface area (Å²) in [5.41, 5.74) is 1.73. The van der Waals surface area contributed by atoms with Crippen LogP contribution in [-0.4, -0.2) is 16.1 Å². The predicted molar refractivity (Wildman–Crippen MR) is 57.5 cm³/mol. The van der Waals surface area contributed by atoms with Gasteiger partial charge in [-0.15, -0.1) is 0 Å². The van der Waals surface area contributed by atoms with Gasteiger partial charge < -0.3 is 10.1 Å². The van der Waals surface area contributed by atoms with Crippen LogP contribution in [-0.2, 0) is 12.8 Å². The Balaban J connectivity index is 3.61. The highest BCUT2D eigenvalue weighted by atomic mass is 16.4. The van der Waals surface area contributed by atoms with Gasteiger partial charge in [-0.25, -0.2) is 4.79 Å². The Morgan fingerprint density at radius 1 is 1.33 bits per heavy atom. The van der Waals surface area contributed by atoms with E-state index in [9.17, 15) is 9.59 Å².